The molecule has 0 atom stereocenters. The molecule has 0 bridgehead atoms. The van der Waals surface area contributed by atoms with Crippen LogP contribution in [0.4, 0.5) is 5.13 Å². The fourth-order valence-corrected chi connectivity index (χ4v) is 3.24. The summed E-state index contributed by atoms with van der Waals surface area (Å²) in [5.74, 6) is -1.35. The molecule has 1 radical (unpaired) electrons. The molecule has 125 valence electrons. The van der Waals surface area contributed by atoms with Crippen LogP contribution in [0.3, 0.4) is 0 Å². The third-order valence-electron chi connectivity index (χ3n) is 3.64. The topological polar surface area (TPSA) is 85.1 Å². The van der Waals surface area contributed by atoms with Crippen molar-refractivity contribution in [3.8, 4) is 21.7 Å². The summed E-state index contributed by atoms with van der Waals surface area (Å²) in [6, 6.07) is 19.6. The maximum Gasteiger partial charge on any atom is 0.243 e. The van der Waals surface area contributed by atoms with E-state index in [1.54, 1.807) is 0 Å². The van der Waals surface area contributed by atoms with Crippen LogP contribution < -0.4 is 11.1 Å². The predicted octanol–water partition coefficient (Wildman–Crippen LogP) is 3.50. The summed E-state index contributed by atoms with van der Waals surface area (Å²) in [5.41, 5.74) is 7.90. The quantitative estimate of drug-likeness (QED) is 0.691. The lowest BCUT2D eigenvalue weighted by Crippen LogP contribution is -2.30. The molecular weight excluding hydrogens is 334 g/mol. The van der Waals surface area contributed by atoms with Crippen LogP contribution in [0.2, 0.25) is 0 Å². The van der Waals surface area contributed by atoms with Gasteiger partial charge in [0.2, 0.25) is 11.8 Å². The van der Waals surface area contributed by atoms with Crippen molar-refractivity contribution in [2.45, 2.75) is 6.92 Å². The molecular formula is C19H16N3O2S. The van der Waals surface area contributed by atoms with Gasteiger partial charge < -0.3 is 11.1 Å². The number of anilines is 1. The van der Waals surface area contributed by atoms with Gasteiger partial charge in [-0.05, 0) is 12.5 Å². The Kier molecular flexibility index (Phi) is 4.90. The molecule has 3 N–H and O–H groups in total. The number of hydrogen-bond donors (Lipinski definition) is 2. The number of primary amides is 1. The van der Waals surface area contributed by atoms with Crippen molar-refractivity contribution in [1.82, 2.24) is 4.98 Å². The molecule has 2 amide bonds. The van der Waals surface area contributed by atoms with E-state index >= 15 is 0 Å². The number of thiazole rings is 1. The van der Waals surface area contributed by atoms with Crippen molar-refractivity contribution in [2.24, 2.45) is 5.73 Å². The minimum absolute atomic E-state index is 0.0577. The van der Waals surface area contributed by atoms with Crippen molar-refractivity contribution in [2.75, 3.05) is 5.32 Å². The second kappa shape index (κ2) is 7.27. The summed E-state index contributed by atoms with van der Waals surface area (Å²) in [5, 5.41) is 3.07. The normalized spacial score (nSPS) is 10.6. The van der Waals surface area contributed by atoms with Crippen LogP contribution in [0.25, 0.3) is 21.7 Å². The zero-order valence-corrected chi connectivity index (χ0v) is 14.3. The monoisotopic (exact) mass is 350 g/mol. The van der Waals surface area contributed by atoms with Gasteiger partial charge in [-0.3, -0.25) is 9.59 Å². The van der Waals surface area contributed by atoms with Crippen molar-refractivity contribution in [3.05, 3.63) is 66.6 Å². The van der Waals surface area contributed by atoms with Crippen molar-refractivity contribution >= 4 is 28.3 Å². The number of aromatic nitrogens is 1. The number of nitrogens with one attached hydrogen (secondary N) is 1. The first kappa shape index (κ1) is 16.9. The number of benzene rings is 2. The van der Waals surface area contributed by atoms with Gasteiger partial charge in [-0.1, -0.05) is 72.0 Å². The maximum atomic E-state index is 12.1. The van der Waals surface area contributed by atoms with E-state index in [0.717, 1.165) is 21.7 Å². The van der Waals surface area contributed by atoms with E-state index in [9.17, 15) is 9.59 Å². The van der Waals surface area contributed by atoms with Crippen LogP contribution in [-0.2, 0) is 9.59 Å². The molecule has 0 saturated heterocycles. The predicted molar refractivity (Wildman–Crippen MR) is 99.7 cm³/mol. The Bertz CT molecular complexity index is 835. The molecule has 0 saturated carbocycles. The van der Waals surface area contributed by atoms with Crippen molar-refractivity contribution < 1.29 is 9.59 Å². The van der Waals surface area contributed by atoms with Crippen molar-refractivity contribution in [1.29, 1.82) is 0 Å². The third-order valence-corrected chi connectivity index (χ3v) is 4.66. The second-order valence-electron chi connectivity index (χ2n) is 5.37. The van der Waals surface area contributed by atoms with Crippen LogP contribution in [-0.4, -0.2) is 16.8 Å². The highest BCUT2D eigenvalue weighted by Gasteiger charge is 2.22. The van der Waals surface area contributed by atoms with E-state index in [-0.39, 0.29) is 5.92 Å². The minimum atomic E-state index is -0.749. The highest BCUT2D eigenvalue weighted by Crippen LogP contribution is 2.38. The Hall–Kier alpha value is -2.99. The second-order valence-corrected chi connectivity index (χ2v) is 6.37. The molecule has 6 heteroatoms. The van der Waals surface area contributed by atoms with Crippen LogP contribution in [0, 0.1) is 5.92 Å². The van der Waals surface area contributed by atoms with Gasteiger partial charge in [0.15, 0.2) is 5.13 Å². The average molecular weight is 350 g/mol. The first-order valence-corrected chi connectivity index (χ1v) is 8.44. The summed E-state index contributed by atoms with van der Waals surface area (Å²) in [4.78, 5) is 28.7. The molecule has 3 rings (SSSR count). The lowest BCUT2D eigenvalue weighted by molar-refractivity contribution is -0.122. The summed E-state index contributed by atoms with van der Waals surface area (Å²) in [6.45, 7) is 1.39. The summed E-state index contributed by atoms with van der Waals surface area (Å²) in [7, 11) is 0. The minimum Gasteiger partial charge on any atom is -0.369 e. The maximum absolute atomic E-state index is 12.1. The number of nitrogens with zero attached hydrogens (tertiary/aromatic N) is 1. The van der Waals surface area contributed by atoms with Gasteiger partial charge in [0, 0.05) is 5.56 Å². The Labute approximate surface area is 149 Å². The van der Waals surface area contributed by atoms with Crippen LogP contribution in [0.5, 0.6) is 0 Å². The Morgan fingerprint density at radius 3 is 2.08 bits per heavy atom. The van der Waals surface area contributed by atoms with E-state index in [2.05, 4.69) is 10.3 Å². The molecule has 0 aliphatic carbocycles. The largest absolute Gasteiger partial charge is 0.369 e. The van der Waals surface area contributed by atoms with Crippen LogP contribution in [0.1, 0.15) is 6.92 Å². The van der Waals surface area contributed by atoms with Crippen LogP contribution in [0.15, 0.2) is 60.7 Å². The highest BCUT2D eigenvalue weighted by molar-refractivity contribution is 7.19. The van der Waals surface area contributed by atoms with Gasteiger partial charge in [0.05, 0.1) is 10.6 Å². The molecule has 1 heterocycles. The number of carbonyl (C=O) groups is 2. The molecule has 1 aromatic heterocycles. The number of carbonyl (C=O) groups excluding carboxylic acids is 2. The lowest BCUT2D eigenvalue weighted by atomic mass is 10.1. The van der Waals surface area contributed by atoms with E-state index in [1.807, 2.05) is 60.7 Å². The van der Waals surface area contributed by atoms with Gasteiger partial charge in [-0.25, -0.2) is 4.98 Å². The van der Waals surface area contributed by atoms with Crippen molar-refractivity contribution in [3.63, 3.8) is 0 Å². The summed E-state index contributed by atoms with van der Waals surface area (Å²) >= 11 is 1.36. The Balaban J connectivity index is 2.01. The zero-order valence-electron chi connectivity index (χ0n) is 13.5. The molecule has 5 nitrogen and oxygen atoms in total. The van der Waals surface area contributed by atoms with Gasteiger partial charge in [0.1, 0.15) is 5.92 Å². The van der Waals surface area contributed by atoms with Gasteiger partial charge >= 0.3 is 0 Å². The molecule has 25 heavy (non-hydrogen) atoms. The van der Waals surface area contributed by atoms with Crippen LogP contribution >= 0.6 is 11.3 Å². The standard InChI is InChI=1S/C19H16N3O2S/c1-12(17(20)23)18(24)22-19-21-15(13-8-4-2-5-9-13)16(25-19)14-10-6-3-7-11-14/h2-11H,1H3,(H2,20,23)(H,21,22,24). The SMILES string of the molecule is C[C](C(N)=O)C(=O)Nc1nc(-c2ccccc2)c(-c2ccccc2)s1. The number of amides is 2. The smallest absolute Gasteiger partial charge is 0.243 e. The highest BCUT2D eigenvalue weighted by atomic mass is 32.1. The fraction of sp³-hybridized carbons (Fsp3) is 0.0526. The number of nitrogens with two attached hydrogens (primary N) is 1. The Morgan fingerprint density at radius 2 is 1.52 bits per heavy atom. The molecule has 0 aliphatic rings. The van der Waals surface area contributed by atoms with E-state index in [4.69, 9.17) is 5.73 Å². The molecule has 0 spiro atoms. The number of rotatable bonds is 5. The van der Waals surface area contributed by atoms with E-state index in [0.29, 0.717) is 5.13 Å². The molecule has 0 fully saturated rings. The molecule has 0 unspecified atom stereocenters. The Morgan fingerprint density at radius 1 is 0.960 bits per heavy atom. The first-order chi connectivity index (χ1) is 12.1. The fourth-order valence-electron chi connectivity index (χ4n) is 2.25. The van der Waals surface area contributed by atoms with E-state index in [1.165, 1.54) is 18.3 Å². The zero-order chi connectivity index (χ0) is 17.8. The van der Waals surface area contributed by atoms with Gasteiger partial charge in [0.25, 0.3) is 0 Å². The van der Waals surface area contributed by atoms with E-state index < -0.39 is 11.8 Å². The molecule has 2 aromatic carbocycles. The molecule has 0 aliphatic heterocycles. The summed E-state index contributed by atoms with van der Waals surface area (Å²) in [6.07, 6.45) is 0. The third kappa shape index (κ3) is 3.75. The molecule has 3 aromatic rings. The van der Waals surface area contributed by atoms with Gasteiger partial charge in [-0.15, -0.1) is 0 Å². The lowest BCUT2D eigenvalue weighted by Gasteiger charge is -2.04. The van der Waals surface area contributed by atoms with Gasteiger partial charge in [-0.2, -0.15) is 0 Å². The number of hydrogen-bond acceptors (Lipinski definition) is 4. The average Bonchev–Trinajstić information content (AvgIpc) is 3.06. The first-order valence-electron chi connectivity index (χ1n) is 7.62. The summed E-state index contributed by atoms with van der Waals surface area (Å²) < 4.78 is 0.